The van der Waals surface area contributed by atoms with E-state index in [2.05, 4.69) is 9.97 Å². The first-order valence-electron chi connectivity index (χ1n) is 9.29. The first-order valence-corrected chi connectivity index (χ1v) is 10.4. The highest BCUT2D eigenvalue weighted by Crippen LogP contribution is 2.34. The van der Waals surface area contributed by atoms with E-state index in [4.69, 9.17) is 44.3 Å². The average molecular weight is 477 g/mol. The van der Waals surface area contributed by atoms with Crippen LogP contribution < -0.4 is 9.47 Å². The van der Waals surface area contributed by atoms with Gasteiger partial charge in [0, 0.05) is 24.0 Å². The molecule has 0 aliphatic heterocycles. The lowest BCUT2D eigenvalue weighted by molar-refractivity contribution is 0.0725. The highest BCUT2D eigenvalue weighted by molar-refractivity contribution is 6.37. The maximum Gasteiger partial charge on any atom is 0.361 e. The van der Waals surface area contributed by atoms with Gasteiger partial charge in [-0.05, 0) is 42.3 Å². The lowest BCUT2D eigenvalue weighted by Gasteiger charge is -2.15. The number of halogens is 3. The minimum absolute atomic E-state index is 0.0613. The molecule has 3 heterocycles. The summed E-state index contributed by atoms with van der Waals surface area (Å²) >= 11 is 18.3. The predicted molar refractivity (Wildman–Crippen MR) is 121 cm³/mol. The van der Waals surface area contributed by atoms with Crippen LogP contribution in [0.4, 0.5) is 0 Å². The number of methoxy groups -OCH3 is 1. The van der Waals surface area contributed by atoms with E-state index in [1.807, 2.05) is 25.1 Å². The molecule has 31 heavy (non-hydrogen) atoms. The normalized spacial score (nSPS) is 11.0. The van der Waals surface area contributed by atoms with Gasteiger partial charge in [-0.1, -0.05) is 41.7 Å². The molecule has 0 saturated heterocycles. The zero-order valence-corrected chi connectivity index (χ0v) is 18.8. The zero-order valence-electron chi connectivity index (χ0n) is 16.5. The molecular formula is C22H16Cl3N3O3. The SMILES string of the molecule is CCc1ccn(-c2ccc(OC)c3nc(Cl)ccc23)c1C(=O)Oc1c(Cl)cncc1Cl. The number of ether oxygens (including phenoxy) is 2. The van der Waals surface area contributed by atoms with Crippen molar-refractivity contribution >= 4 is 51.7 Å². The van der Waals surface area contributed by atoms with Gasteiger partial charge in [0.15, 0.2) is 5.75 Å². The van der Waals surface area contributed by atoms with Crippen molar-refractivity contribution in [3.63, 3.8) is 0 Å². The molecule has 3 aromatic heterocycles. The van der Waals surface area contributed by atoms with Crippen LogP contribution in [-0.2, 0) is 6.42 Å². The van der Waals surface area contributed by atoms with E-state index in [1.54, 1.807) is 30.0 Å². The summed E-state index contributed by atoms with van der Waals surface area (Å²) in [5.74, 6) is 0.0394. The predicted octanol–water partition coefficient (Wildman–Crippen LogP) is 6.17. The molecule has 0 unspecified atom stereocenters. The van der Waals surface area contributed by atoms with Gasteiger partial charge in [-0.25, -0.2) is 9.78 Å². The van der Waals surface area contributed by atoms with Crippen molar-refractivity contribution < 1.29 is 14.3 Å². The number of carbonyl (C=O) groups excluding carboxylic acids is 1. The number of carbonyl (C=O) groups is 1. The number of aryl methyl sites for hydroxylation is 1. The number of aromatic nitrogens is 3. The number of hydrogen-bond acceptors (Lipinski definition) is 5. The van der Waals surface area contributed by atoms with Gasteiger partial charge in [-0.15, -0.1) is 0 Å². The fraction of sp³-hybridized carbons (Fsp3) is 0.136. The largest absolute Gasteiger partial charge is 0.494 e. The van der Waals surface area contributed by atoms with Crippen molar-refractivity contribution in [1.82, 2.24) is 14.5 Å². The molecule has 0 radical (unpaired) electrons. The van der Waals surface area contributed by atoms with Crippen LogP contribution >= 0.6 is 34.8 Å². The summed E-state index contributed by atoms with van der Waals surface area (Å²) in [6, 6.07) is 9.01. The smallest absolute Gasteiger partial charge is 0.361 e. The Kier molecular flexibility index (Phi) is 6.05. The van der Waals surface area contributed by atoms with Crippen LogP contribution in [0.1, 0.15) is 23.0 Å². The minimum Gasteiger partial charge on any atom is -0.494 e. The van der Waals surface area contributed by atoms with E-state index in [1.165, 1.54) is 12.4 Å². The summed E-state index contributed by atoms with van der Waals surface area (Å²) in [5, 5.41) is 1.39. The second-order valence-electron chi connectivity index (χ2n) is 6.55. The summed E-state index contributed by atoms with van der Waals surface area (Å²) in [6.07, 6.45) is 5.15. The topological polar surface area (TPSA) is 66.2 Å². The van der Waals surface area contributed by atoms with E-state index < -0.39 is 5.97 Å². The Morgan fingerprint density at radius 2 is 1.81 bits per heavy atom. The first kappa shape index (κ1) is 21.4. The maximum atomic E-state index is 13.2. The van der Waals surface area contributed by atoms with Gasteiger partial charge in [-0.3, -0.25) is 4.98 Å². The van der Waals surface area contributed by atoms with Gasteiger partial charge in [0.1, 0.15) is 32.2 Å². The molecule has 0 fully saturated rings. The van der Waals surface area contributed by atoms with Crippen molar-refractivity contribution in [2.24, 2.45) is 0 Å². The number of rotatable bonds is 5. The Morgan fingerprint density at radius 3 is 2.48 bits per heavy atom. The van der Waals surface area contributed by atoms with Crippen LogP contribution in [-0.4, -0.2) is 27.6 Å². The lowest BCUT2D eigenvalue weighted by atomic mass is 10.1. The number of benzene rings is 1. The van der Waals surface area contributed by atoms with Gasteiger partial charge in [-0.2, -0.15) is 0 Å². The first-order chi connectivity index (χ1) is 14.9. The Balaban J connectivity index is 1.87. The molecule has 0 saturated carbocycles. The average Bonchev–Trinajstić information content (AvgIpc) is 3.19. The molecule has 0 bridgehead atoms. The second-order valence-corrected chi connectivity index (χ2v) is 7.75. The standard InChI is InChI=1S/C22H16Cl3N3O3/c1-3-12-8-9-28(20(12)22(29)31-21-14(23)10-26-11-15(21)24)16-5-6-17(30-2)19-13(16)4-7-18(25)27-19/h4-11H,3H2,1-2H3. The van der Waals surface area contributed by atoms with Crippen molar-refractivity contribution in [2.75, 3.05) is 7.11 Å². The van der Waals surface area contributed by atoms with Crippen LogP contribution in [0, 0.1) is 0 Å². The fourth-order valence-corrected chi connectivity index (χ4v) is 3.94. The van der Waals surface area contributed by atoms with E-state index in [0.717, 1.165) is 16.6 Å². The third-order valence-corrected chi connectivity index (χ3v) is 5.54. The Bertz CT molecular complexity index is 1280. The van der Waals surface area contributed by atoms with Gasteiger partial charge < -0.3 is 14.0 Å². The van der Waals surface area contributed by atoms with Crippen molar-refractivity contribution in [2.45, 2.75) is 13.3 Å². The summed E-state index contributed by atoms with van der Waals surface area (Å²) in [4.78, 5) is 21.5. The lowest BCUT2D eigenvalue weighted by Crippen LogP contribution is -2.16. The van der Waals surface area contributed by atoms with Gasteiger partial charge in [0.05, 0.1) is 12.8 Å². The number of pyridine rings is 2. The molecule has 0 aliphatic carbocycles. The van der Waals surface area contributed by atoms with Crippen molar-refractivity contribution in [3.05, 3.63) is 75.4 Å². The van der Waals surface area contributed by atoms with Gasteiger partial charge >= 0.3 is 5.97 Å². The molecule has 1 aromatic carbocycles. The van der Waals surface area contributed by atoms with Crippen LogP contribution in [0.2, 0.25) is 15.2 Å². The number of fused-ring (bicyclic) bond motifs is 1. The molecule has 6 nitrogen and oxygen atoms in total. The number of nitrogens with zero attached hydrogens (tertiary/aromatic N) is 3. The quantitative estimate of drug-likeness (QED) is 0.254. The van der Waals surface area contributed by atoms with Crippen molar-refractivity contribution in [3.8, 4) is 17.2 Å². The monoisotopic (exact) mass is 475 g/mol. The number of hydrogen-bond donors (Lipinski definition) is 0. The summed E-state index contributed by atoms with van der Waals surface area (Å²) in [5.41, 5.74) is 2.46. The molecule has 9 heteroatoms. The summed E-state index contributed by atoms with van der Waals surface area (Å²) in [7, 11) is 1.56. The summed E-state index contributed by atoms with van der Waals surface area (Å²) in [6.45, 7) is 1.95. The molecular weight excluding hydrogens is 461 g/mol. The third-order valence-electron chi connectivity index (χ3n) is 4.79. The second kappa shape index (κ2) is 8.75. The highest BCUT2D eigenvalue weighted by atomic mass is 35.5. The highest BCUT2D eigenvalue weighted by Gasteiger charge is 2.23. The maximum absolute atomic E-state index is 13.2. The van der Waals surface area contributed by atoms with Crippen LogP contribution in [0.5, 0.6) is 11.5 Å². The van der Waals surface area contributed by atoms with Crippen LogP contribution in [0.3, 0.4) is 0 Å². The van der Waals surface area contributed by atoms with Gasteiger partial charge in [0.2, 0.25) is 0 Å². The summed E-state index contributed by atoms with van der Waals surface area (Å²) < 4.78 is 12.8. The van der Waals surface area contributed by atoms with E-state index >= 15 is 0 Å². The number of esters is 1. The third kappa shape index (κ3) is 3.94. The Labute approximate surface area is 193 Å². The van der Waals surface area contributed by atoms with Crippen LogP contribution in [0.25, 0.3) is 16.6 Å². The Hall–Kier alpha value is -2.80. The molecule has 4 aromatic rings. The van der Waals surface area contributed by atoms with E-state index in [0.29, 0.717) is 28.5 Å². The molecule has 0 N–H and O–H groups in total. The molecule has 0 amide bonds. The molecule has 0 spiro atoms. The minimum atomic E-state index is -0.595. The van der Waals surface area contributed by atoms with Gasteiger partial charge in [0.25, 0.3) is 0 Å². The Morgan fingerprint density at radius 1 is 1.06 bits per heavy atom. The molecule has 0 aliphatic rings. The molecule has 0 atom stereocenters. The van der Waals surface area contributed by atoms with Crippen molar-refractivity contribution in [1.29, 1.82) is 0 Å². The van der Waals surface area contributed by atoms with E-state index in [-0.39, 0.29) is 15.8 Å². The molecule has 158 valence electrons. The van der Waals surface area contributed by atoms with E-state index in [9.17, 15) is 4.79 Å². The zero-order chi connectivity index (χ0) is 22.1. The fourth-order valence-electron chi connectivity index (χ4n) is 3.35. The molecule has 4 rings (SSSR count). The van der Waals surface area contributed by atoms with Crippen LogP contribution in [0.15, 0.2) is 48.9 Å².